The number of benzene rings is 1. The summed E-state index contributed by atoms with van der Waals surface area (Å²) < 4.78 is 3.60. The number of nitrogens with zero attached hydrogens (tertiary/aromatic N) is 4. The van der Waals surface area contributed by atoms with Gasteiger partial charge in [0.05, 0.1) is 10.9 Å². The van der Waals surface area contributed by atoms with Crippen LogP contribution >= 0.6 is 0 Å². The van der Waals surface area contributed by atoms with Crippen LogP contribution in [0.5, 0.6) is 0 Å². The largest absolute Gasteiger partial charge is 0.352 e. The third-order valence-electron chi connectivity index (χ3n) is 6.41. The van der Waals surface area contributed by atoms with Crippen LogP contribution in [0.1, 0.15) is 62.7 Å². The van der Waals surface area contributed by atoms with E-state index in [-0.39, 0.29) is 41.8 Å². The average molecular weight is 455 g/mol. The number of fused-ring (bicyclic) bond motifs is 3. The Morgan fingerprint density at radius 1 is 1.18 bits per heavy atom. The zero-order chi connectivity index (χ0) is 23.7. The van der Waals surface area contributed by atoms with Gasteiger partial charge in [-0.15, -0.1) is 5.10 Å². The van der Waals surface area contributed by atoms with E-state index in [1.54, 1.807) is 18.2 Å². The Morgan fingerprint density at radius 3 is 2.61 bits per heavy atom. The number of aryl methyl sites for hydroxylation is 1. The Bertz CT molecular complexity index is 1330. The molecule has 2 aromatic heterocycles. The van der Waals surface area contributed by atoms with Crippen molar-refractivity contribution in [3.05, 3.63) is 44.6 Å². The average Bonchev–Trinajstić information content (AvgIpc) is 3.13. The van der Waals surface area contributed by atoms with Crippen molar-refractivity contribution in [2.24, 2.45) is 7.05 Å². The van der Waals surface area contributed by atoms with Gasteiger partial charge in [0.2, 0.25) is 11.7 Å². The molecule has 10 nitrogen and oxygen atoms in total. The van der Waals surface area contributed by atoms with E-state index in [1.807, 2.05) is 13.8 Å². The van der Waals surface area contributed by atoms with Crippen LogP contribution in [-0.4, -0.2) is 42.6 Å². The Kier molecular flexibility index (Phi) is 6.35. The van der Waals surface area contributed by atoms with E-state index < -0.39 is 5.69 Å². The summed E-state index contributed by atoms with van der Waals surface area (Å²) in [6.45, 7) is 3.57. The van der Waals surface area contributed by atoms with Crippen LogP contribution in [-0.2, 0) is 18.4 Å². The van der Waals surface area contributed by atoms with E-state index in [4.69, 9.17) is 0 Å². The highest BCUT2D eigenvalue weighted by Crippen LogP contribution is 2.19. The predicted molar refractivity (Wildman–Crippen MR) is 124 cm³/mol. The van der Waals surface area contributed by atoms with Crippen molar-refractivity contribution in [1.82, 2.24) is 29.4 Å². The Labute approximate surface area is 190 Å². The monoisotopic (exact) mass is 454 g/mol. The van der Waals surface area contributed by atoms with Crippen molar-refractivity contribution >= 4 is 28.5 Å². The fourth-order valence-electron chi connectivity index (χ4n) is 4.31. The molecule has 0 aliphatic heterocycles. The Balaban J connectivity index is 1.75. The zero-order valence-corrected chi connectivity index (χ0v) is 19.3. The molecule has 176 valence electrons. The molecule has 1 aromatic carbocycles. The number of amides is 2. The highest BCUT2D eigenvalue weighted by Gasteiger charge is 2.20. The number of hydrogen-bond acceptors (Lipinski definition) is 5. The molecule has 3 aromatic rings. The summed E-state index contributed by atoms with van der Waals surface area (Å²) in [4.78, 5) is 51.2. The molecule has 2 heterocycles. The fraction of sp³-hybridized carbons (Fsp3) is 0.522. The second kappa shape index (κ2) is 9.21. The number of carbonyl (C=O) groups excluding carboxylic acids is 2. The molecule has 33 heavy (non-hydrogen) atoms. The predicted octanol–water partition coefficient (Wildman–Crippen LogP) is 1.33. The summed E-state index contributed by atoms with van der Waals surface area (Å²) in [7, 11) is 1.52. The number of carbonyl (C=O) groups is 2. The SMILES string of the molecule is CCC(C)NC(=O)Cn1nc2n(C)c(=O)c3ccc(C(=O)NC4CCCCC4)cc3n2c1=O. The molecular weight excluding hydrogens is 424 g/mol. The molecule has 0 radical (unpaired) electrons. The standard InChI is InChI=1S/C23H30N6O4/c1-4-14(2)24-19(30)13-28-23(33)29-18-12-15(20(31)25-16-8-6-5-7-9-16)10-11-17(18)21(32)27(3)22(29)26-28/h10-12,14,16H,4-9,13H2,1-3H3,(H,24,30)(H,25,31). The maximum Gasteiger partial charge on any atom is 0.352 e. The van der Waals surface area contributed by atoms with Gasteiger partial charge >= 0.3 is 5.69 Å². The van der Waals surface area contributed by atoms with Gasteiger partial charge in [-0.05, 0) is 44.4 Å². The lowest BCUT2D eigenvalue weighted by molar-refractivity contribution is -0.122. The molecule has 1 aliphatic carbocycles. The summed E-state index contributed by atoms with van der Waals surface area (Å²) in [6, 6.07) is 4.82. The summed E-state index contributed by atoms with van der Waals surface area (Å²) in [5, 5.41) is 10.4. The third kappa shape index (κ3) is 4.42. The minimum atomic E-state index is -0.547. The number of hydrogen-bond donors (Lipinski definition) is 2. The second-order valence-electron chi connectivity index (χ2n) is 8.86. The molecule has 1 fully saturated rings. The van der Waals surface area contributed by atoms with Gasteiger partial charge in [0.1, 0.15) is 6.54 Å². The van der Waals surface area contributed by atoms with E-state index in [0.29, 0.717) is 16.5 Å². The Hall–Kier alpha value is -3.43. The van der Waals surface area contributed by atoms with Gasteiger partial charge in [0.25, 0.3) is 11.5 Å². The van der Waals surface area contributed by atoms with Gasteiger partial charge in [0, 0.05) is 24.7 Å². The third-order valence-corrected chi connectivity index (χ3v) is 6.41. The van der Waals surface area contributed by atoms with E-state index in [1.165, 1.54) is 22.4 Å². The quantitative estimate of drug-likeness (QED) is 0.582. The molecular formula is C23H30N6O4. The minimum Gasteiger partial charge on any atom is -0.352 e. The van der Waals surface area contributed by atoms with Gasteiger partial charge in [-0.3, -0.25) is 19.0 Å². The van der Waals surface area contributed by atoms with Gasteiger partial charge in [-0.2, -0.15) is 0 Å². The number of aromatic nitrogens is 4. The molecule has 1 atom stereocenters. The maximum absolute atomic E-state index is 13.2. The van der Waals surface area contributed by atoms with Gasteiger partial charge in [-0.25, -0.2) is 13.9 Å². The second-order valence-corrected chi connectivity index (χ2v) is 8.86. The summed E-state index contributed by atoms with van der Waals surface area (Å²) in [5.74, 6) is -0.457. The first-order valence-electron chi connectivity index (χ1n) is 11.5. The lowest BCUT2D eigenvalue weighted by Gasteiger charge is -2.22. The smallest absolute Gasteiger partial charge is 0.352 e. The van der Waals surface area contributed by atoms with Crippen LogP contribution in [0.3, 0.4) is 0 Å². The first-order valence-corrected chi connectivity index (χ1v) is 11.5. The van der Waals surface area contributed by atoms with Crippen molar-refractivity contribution < 1.29 is 9.59 Å². The summed E-state index contributed by atoms with van der Waals surface area (Å²) in [6.07, 6.45) is 6.05. The van der Waals surface area contributed by atoms with Gasteiger partial charge < -0.3 is 10.6 Å². The van der Waals surface area contributed by atoms with Crippen molar-refractivity contribution in [3.63, 3.8) is 0 Å². The zero-order valence-electron chi connectivity index (χ0n) is 19.3. The van der Waals surface area contributed by atoms with Crippen LogP contribution in [0.4, 0.5) is 0 Å². The number of rotatable bonds is 6. The lowest BCUT2D eigenvalue weighted by Crippen LogP contribution is -2.37. The minimum absolute atomic E-state index is 0.0272. The fourth-order valence-corrected chi connectivity index (χ4v) is 4.31. The van der Waals surface area contributed by atoms with Crippen molar-refractivity contribution in [1.29, 1.82) is 0 Å². The molecule has 2 amide bonds. The van der Waals surface area contributed by atoms with E-state index in [2.05, 4.69) is 15.7 Å². The molecule has 0 spiro atoms. The summed E-state index contributed by atoms with van der Waals surface area (Å²) in [5.41, 5.74) is -0.215. The first kappa shape index (κ1) is 22.8. The molecule has 1 unspecified atom stereocenters. The van der Waals surface area contributed by atoms with Crippen LogP contribution in [0.15, 0.2) is 27.8 Å². The van der Waals surface area contributed by atoms with E-state index >= 15 is 0 Å². The first-order chi connectivity index (χ1) is 15.8. The van der Waals surface area contributed by atoms with Crippen LogP contribution < -0.4 is 21.9 Å². The normalized spacial score (nSPS) is 15.6. The molecule has 1 aliphatic rings. The highest BCUT2D eigenvalue weighted by atomic mass is 16.2. The molecule has 2 N–H and O–H groups in total. The van der Waals surface area contributed by atoms with Crippen LogP contribution in [0.25, 0.3) is 16.7 Å². The van der Waals surface area contributed by atoms with Crippen LogP contribution in [0.2, 0.25) is 0 Å². The Morgan fingerprint density at radius 2 is 1.91 bits per heavy atom. The number of nitrogens with one attached hydrogen (secondary N) is 2. The maximum atomic E-state index is 13.2. The van der Waals surface area contributed by atoms with Crippen molar-refractivity contribution in [2.45, 2.75) is 71.0 Å². The molecule has 0 saturated heterocycles. The van der Waals surface area contributed by atoms with E-state index in [9.17, 15) is 19.2 Å². The molecule has 10 heteroatoms. The lowest BCUT2D eigenvalue weighted by atomic mass is 9.95. The van der Waals surface area contributed by atoms with Crippen molar-refractivity contribution in [3.8, 4) is 0 Å². The highest BCUT2D eigenvalue weighted by molar-refractivity contribution is 5.98. The van der Waals surface area contributed by atoms with Gasteiger partial charge in [-0.1, -0.05) is 26.2 Å². The molecule has 4 rings (SSSR count). The van der Waals surface area contributed by atoms with Crippen molar-refractivity contribution in [2.75, 3.05) is 0 Å². The van der Waals surface area contributed by atoms with Crippen LogP contribution in [0, 0.1) is 0 Å². The van der Waals surface area contributed by atoms with Gasteiger partial charge in [0.15, 0.2) is 0 Å². The molecule has 1 saturated carbocycles. The summed E-state index contributed by atoms with van der Waals surface area (Å²) >= 11 is 0. The van der Waals surface area contributed by atoms with E-state index in [0.717, 1.165) is 36.8 Å². The topological polar surface area (TPSA) is 120 Å². The molecule has 0 bridgehead atoms.